The smallest absolute Gasteiger partial charge is 0.191 e. The summed E-state index contributed by atoms with van der Waals surface area (Å²) in [4.78, 5) is 6.93. The van der Waals surface area contributed by atoms with Gasteiger partial charge in [-0.3, -0.25) is 9.89 Å². The van der Waals surface area contributed by atoms with Gasteiger partial charge in [0.1, 0.15) is 0 Å². The quantitative estimate of drug-likeness (QED) is 0.462. The van der Waals surface area contributed by atoms with E-state index in [9.17, 15) is 0 Å². The van der Waals surface area contributed by atoms with Crippen molar-refractivity contribution in [1.29, 1.82) is 0 Å². The Morgan fingerprint density at radius 1 is 1.16 bits per heavy atom. The molecule has 0 spiro atoms. The molecular formula is C24H40N4O3. The van der Waals surface area contributed by atoms with Gasteiger partial charge < -0.3 is 24.8 Å². The molecule has 1 aromatic rings. The van der Waals surface area contributed by atoms with Crippen molar-refractivity contribution in [1.82, 2.24) is 15.5 Å². The van der Waals surface area contributed by atoms with E-state index in [0.29, 0.717) is 24.6 Å². The van der Waals surface area contributed by atoms with E-state index in [-0.39, 0.29) is 0 Å². The van der Waals surface area contributed by atoms with Crippen LogP contribution < -0.4 is 20.1 Å². The van der Waals surface area contributed by atoms with Crippen molar-refractivity contribution < 1.29 is 14.2 Å². The first kappa shape index (κ1) is 23.7. The predicted octanol–water partition coefficient (Wildman–Crippen LogP) is 3.04. The van der Waals surface area contributed by atoms with Gasteiger partial charge in [0.15, 0.2) is 17.5 Å². The molecule has 31 heavy (non-hydrogen) atoms. The van der Waals surface area contributed by atoms with Crippen molar-refractivity contribution in [3.05, 3.63) is 23.8 Å². The third-order valence-corrected chi connectivity index (χ3v) is 6.27. The van der Waals surface area contributed by atoms with Crippen LogP contribution in [-0.4, -0.2) is 70.0 Å². The summed E-state index contributed by atoms with van der Waals surface area (Å²) in [5, 5.41) is 6.96. The maximum Gasteiger partial charge on any atom is 0.191 e. The maximum absolute atomic E-state index is 6.23. The second kappa shape index (κ2) is 12.2. The van der Waals surface area contributed by atoms with Crippen LogP contribution in [0, 0.1) is 5.92 Å². The number of rotatable bonds is 9. The standard InChI is InChI=1S/C24H40N4O3/c1-18(2)21(28-11-13-30-14-12-28)17-27-24(25-3)26-16-19-9-10-22(29-4)23(15-19)31-20-7-5-6-8-20/h9-10,15,18,20-21H,5-8,11-14,16-17H2,1-4H3,(H2,25,26,27). The van der Waals surface area contributed by atoms with Gasteiger partial charge in [-0.15, -0.1) is 0 Å². The lowest BCUT2D eigenvalue weighted by molar-refractivity contribution is 0.00752. The molecule has 1 aliphatic heterocycles. The molecule has 7 heteroatoms. The molecule has 1 aromatic carbocycles. The minimum absolute atomic E-state index is 0.305. The highest BCUT2D eigenvalue weighted by molar-refractivity contribution is 5.79. The predicted molar refractivity (Wildman–Crippen MR) is 125 cm³/mol. The molecule has 1 aliphatic carbocycles. The number of nitrogens with one attached hydrogen (secondary N) is 2. The van der Waals surface area contributed by atoms with Gasteiger partial charge in [0.2, 0.25) is 0 Å². The summed E-state index contributed by atoms with van der Waals surface area (Å²) < 4.78 is 17.3. The van der Waals surface area contributed by atoms with Crippen LogP contribution >= 0.6 is 0 Å². The number of hydrogen-bond acceptors (Lipinski definition) is 5. The molecule has 1 unspecified atom stereocenters. The molecule has 7 nitrogen and oxygen atoms in total. The van der Waals surface area contributed by atoms with Crippen LogP contribution in [0.3, 0.4) is 0 Å². The van der Waals surface area contributed by atoms with Crippen molar-refractivity contribution in [3.8, 4) is 11.5 Å². The summed E-state index contributed by atoms with van der Waals surface area (Å²) in [7, 11) is 3.51. The second-order valence-electron chi connectivity index (χ2n) is 8.78. The molecule has 2 aliphatic rings. The average molecular weight is 433 g/mol. The van der Waals surface area contributed by atoms with Crippen molar-refractivity contribution in [2.75, 3.05) is 47.0 Å². The third-order valence-electron chi connectivity index (χ3n) is 6.27. The number of ether oxygens (including phenoxy) is 3. The highest BCUT2D eigenvalue weighted by Crippen LogP contribution is 2.32. The Morgan fingerprint density at radius 3 is 2.55 bits per heavy atom. The first-order valence-corrected chi connectivity index (χ1v) is 11.7. The van der Waals surface area contributed by atoms with Gasteiger partial charge in [-0.05, 0) is 49.3 Å². The Labute approximate surface area is 187 Å². The summed E-state index contributed by atoms with van der Waals surface area (Å²) in [5.41, 5.74) is 1.14. The zero-order valence-corrected chi connectivity index (χ0v) is 19.7. The van der Waals surface area contributed by atoms with E-state index in [1.165, 1.54) is 12.8 Å². The van der Waals surface area contributed by atoms with Crippen molar-refractivity contribution >= 4 is 5.96 Å². The molecule has 2 fully saturated rings. The minimum Gasteiger partial charge on any atom is -0.493 e. The minimum atomic E-state index is 0.305. The van der Waals surface area contributed by atoms with Crippen LogP contribution in [-0.2, 0) is 11.3 Å². The lowest BCUT2D eigenvalue weighted by Crippen LogP contribution is -2.52. The lowest BCUT2D eigenvalue weighted by Gasteiger charge is -2.37. The van der Waals surface area contributed by atoms with Gasteiger partial charge in [-0.1, -0.05) is 19.9 Å². The van der Waals surface area contributed by atoms with Crippen LogP contribution in [0.15, 0.2) is 23.2 Å². The number of guanidine groups is 1. The van der Waals surface area contributed by atoms with Gasteiger partial charge in [-0.25, -0.2) is 0 Å². The monoisotopic (exact) mass is 432 g/mol. The van der Waals surface area contributed by atoms with Crippen LogP contribution in [0.4, 0.5) is 0 Å². The van der Waals surface area contributed by atoms with E-state index >= 15 is 0 Å². The van der Waals surface area contributed by atoms with E-state index in [2.05, 4.69) is 46.5 Å². The summed E-state index contributed by atoms with van der Waals surface area (Å²) in [6.07, 6.45) is 5.06. The number of methoxy groups -OCH3 is 1. The van der Waals surface area contributed by atoms with Crippen LogP contribution in [0.25, 0.3) is 0 Å². The van der Waals surface area contributed by atoms with E-state index < -0.39 is 0 Å². The highest BCUT2D eigenvalue weighted by atomic mass is 16.5. The van der Waals surface area contributed by atoms with Gasteiger partial charge in [-0.2, -0.15) is 0 Å². The molecule has 1 heterocycles. The van der Waals surface area contributed by atoms with Gasteiger partial charge in [0.25, 0.3) is 0 Å². The third kappa shape index (κ3) is 7.01. The Bertz CT molecular complexity index is 698. The summed E-state index contributed by atoms with van der Waals surface area (Å²) in [5.74, 6) is 3.00. The summed E-state index contributed by atoms with van der Waals surface area (Å²) in [6.45, 7) is 9.71. The fourth-order valence-corrected chi connectivity index (χ4v) is 4.41. The Balaban J connectivity index is 1.54. The van der Waals surface area contributed by atoms with Crippen LogP contribution in [0.2, 0.25) is 0 Å². The molecule has 1 saturated heterocycles. The summed E-state index contributed by atoms with van der Waals surface area (Å²) in [6, 6.07) is 6.60. The molecule has 1 atom stereocenters. The number of nitrogens with zero attached hydrogens (tertiary/aromatic N) is 2. The van der Waals surface area contributed by atoms with Crippen LogP contribution in [0.1, 0.15) is 45.1 Å². The first-order chi connectivity index (χ1) is 15.1. The normalized spacial score (nSPS) is 19.5. The molecular weight excluding hydrogens is 392 g/mol. The fraction of sp³-hybridized carbons (Fsp3) is 0.708. The fourth-order valence-electron chi connectivity index (χ4n) is 4.41. The molecule has 0 amide bonds. The van der Waals surface area contributed by atoms with E-state index in [0.717, 1.165) is 68.7 Å². The Hall–Kier alpha value is -1.99. The summed E-state index contributed by atoms with van der Waals surface area (Å²) >= 11 is 0. The molecule has 174 valence electrons. The Morgan fingerprint density at radius 2 is 1.90 bits per heavy atom. The Kier molecular flexibility index (Phi) is 9.28. The molecule has 1 saturated carbocycles. The molecule has 0 aromatic heterocycles. The molecule has 0 radical (unpaired) electrons. The average Bonchev–Trinajstić information content (AvgIpc) is 3.30. The molecule has 3 rings (SSSR count). The highest BCUT2D eigenvalue weighted by Gasteiger charge is 2.24. The van der Waals surface area contributed by atoms with Crippen LogP contribution in [0.5, 0.6) is 11.5 Å². The number of morpholine rings is 1. The van der Waals surface area contributed by atoms with Crippen molar-refractivity contribution in [2.24, 2.45) is 10.9 Å². The zero-order valence-electron chi connectivity index (χ0n) is 19.7. The number of hydrogen-bond donors (Lipinski definition) is 2. The number of benzene rings is 1. The van der Waals surface area contributed by atoms with Gasteiger partial charge in [0, 0.05) is 39.3 Å². The van der Waals surface area contributed by atoms with Gasteiger partial charge >= 0.3 is 0 Å². The zero-order chi connectivity index (χ0) is 22.1. The van der Waals surface area contributed by atoms with Gasteiger partial charge in [0.05, 0.1) is 26.4 Å². The first-order valence-electron chi connectivity index (χ1n) is 11.7. The van der Waals surface area contributed by atoms with E-state index in [1.807, 2.05) is 13.1 Å². The van der Waals surface area contributed by atoms with E-state index in [1.54, 1.807) is 7.11 Å². The molecule has 0 bridgehead atoms. The lowest BCUT2D eigenvalue weighted by atomic mass is 10.0. The van der Waals surface area contributed by atoms with Crippen molar-refractivity contribution in [3.63, 3.8) is 0 Å². The van der Waals surface area contributed by atoms with E-state index in [4.69, 9.17) is 14.2 Å². The second-order valence-corrected chi connectivity index (χ2v) is 8.78. The largest absolute Gasteiger partial charge is 0.493 e. The molecule has 2 N–H and O–H groups in total. The SMILES string of the molecule is CN=C(NCc1ccc(OC)c(OC2CCCC2)c1)NCC(C(C)C)N1CCOCC1. The maximum atomic E-state index is 6.23. The topological polar surface area (TPSA) is 67.4 Å². The van der Waals surface area contributed by atoms with Crippen molar-refractivity contribution in [2.45, 2.75) is 58.2 Å². The number of aliphatic imine (C=N–C) groups is 1.